The fourth-order valence-electron chi connectivity index (χ4n) is 1.12. The minimum absolute atomic E-state index is 0.142. The third-order valence-electron chi connectivity index (χ3n) is 1.85. The molecule has 1 aromatic rings. The maximum atomic E-state index is 11.3. The van der Waals surface area contributed by atoms with Gasteiger partial charge in [0.1, 0.15) is 12.1 Å². The second-order valence-electron chi connectivity index (χ2n) is 3.04. The van der Waals surface area contributed by atoms with E-state index in [0.29, 0.717) is 0 Å². The zero-order valence-electron chi connectivity index (χ0n) is 8.93. The molecule has 17 heavy (non-hydrogen) atoms. The Hall–Kier alpha value is -2.38. The lowest BCUT2D eigenvalue weighted by Gasteiger charge is -2.05. The SMILES string of the molecule is CCOC(=O)Cn1cc(C(=O)O)c(=O)[nH]c1=O. The van der Waals surface area contributed by atoms with E-state index in [1.807, 2.05) is 0 Å². The molecule has 1 aromatic heterocycles. The van der Waals surface area contributed by atoms with Crippen molar-refractivity contribution in [2.45, 2.75) is 13.5 Å². The normalized spacial score (nSPS) is 9.94. The number of carbonyl (C=O) groups is 2. The number of carboxylic acid groups (broad SMARTS) is 1. The summed E-state index contributed by atoms with van der Waals surface area (Å²) in [6.45, 7) is 1.28. The first-order valence-electron chi connectivity index (χ1n) is 4.68. The number of aromatic carboxylic acids is 1. The van der Waals surface area contributed by atoms with E-state index in [0.717, 1.165) is 10.8 Å². The Morgan fingerprint density at radius 2 is 2.12 bits per heavy atom. The molecule has 0 radical (unpaired) electrons. The highest BCUT2D eigenvalue weighted by Crippen LogP contribution is 1.89. The van der Waals surface area contributed by atoms with E-state index in [2.05, 4.69) is 4.74 Å². The highest BCUT2D eigenvalue weighted by molar-refractivity contribution is 5.86. The van der Waals surface area contributed by atoms with Gasteiger partial charge in [-0.15, -0.1) is 0 Å². The molecule has 2 N–H and O–H groups in total. The summed E-state index contributed by atoms with van der Waals surface area (Å²) in [5, 5.41) is 8.67. The largest absolute Gasteiger partial charge is 0.477 e. The van der Waals surface area contributed by atoms with Crippen LogP contribution >= 0.6 is 0 Å². The van der Waals surface area contributed by atoms with Crippen LogP contribution in [0, 0.1) is 0 Å². The van der Waals surface area contributed by atoms with Crippen LogP contribution in [-0.4, -0.2) is 33.2 Å². The van der Waals surface area contributed by atoms with Crippen LogP contribution in [0.4, 0.5) is 0 Å². The number of hydrogen-bond acceptors (Lipinski definition) is 5. The topological polar surface area (TPSA) is 118 Å². The number of H-pyrrole nitrogens is 1. The maximum Gasteiger partial charge on any atom is 0.342 e. The lowest BCUT2D eigenvalue weighted by Crippen LogP contribution is -2.35. The van der Waals surface area contributed by atoms with Crippen molar-refractivity contribution < 1.29 is 19.4 Å². The highest BCUT2D eigenvalue weighted by atomic mass is 16.5. The summed E-state index contributed by atoms with van der Waals surface area (Å²) in [5.41, 5.74) is -2.50. The van der Waals surface area contributed by atoms with Crippen LogP contribution in [0.1, 0.15) is 17.3 Å². The van der Waals surface area contributed by atoms with Crippen LogP contribution in [0.2, 0.25) is 0 Å². The lowest BCUT2D eigenvalue weighted by atomic mass is 10.3. The zero-order chi connectivity index (χ0) is 13.0. The second-order valence-corrected chi connectivity index (χ2v) is 3.04. The van der Waals surface area contributed by atoms with E-state index in [-0.39, 0.29) is 6.61 Å². The number of aromatic nitrogens is 2. The van der Waals surface area contributed by atoms with Crippen molar-refractivity contribution in [2.75, 3.05) is 6.61 Å². The fourth-order valence-corrected chi connectivity index (χ4v) is 1.12. The summed E-state index contributed by atoms with van der Waals surface area (Å²) in [6, 6.07) is 0. The van der Waals surface area contributed by atoms with E-state index in [9.17, 15) is 19.2 Å². The number of nitrogens with one attached hydrogen (secondary N) is 1. The Morgan fingerprint density at radius 3 is 2.65 bits per heavy atom. The number of nitrogens with zero attached hydrogens (tertiary/aromatic N) is 1. The van der Waals surface area contributed by atoms with Crippen molar-refractivity contribution in [3.05, 3.63) is 32.6 Å². The van der Waals surface area contributed by atoms with E-state index in [4.69, 9.17) is 5.11 Å². The summed E-state index contributed by atoms with van der Waals surface area (Å²) in [7, 11) is 0. The van der Waals surface area contributed by atoms with Crippen molar-refractivity contribution in [1.82, 2.24) is 9.55 Å². The number of esters is 1. The van der Waals surface area contributed by atoms with Crippen molar-refractivity contribution in [3.8, 4) is 0 Å². The molecule has 0 bridgehead atoms. The molecule has 0 saturated carbocycles. The molecule has 8 heteroatoms. The van der Waals surface area contributed by atoms with Crippen molar-refractivity contribution in [3.63, 3.8) is 0 Å². The number of aromatic amines is 1. The smallest absolute Gasteiger partial charge is 0.342 e. The van der Waals surface area contributed by atoms with Crippen LogP contribution in [0.5, 0.6) is 0 Å². The summed E-state index contributed by atoms with van der Waals surface area (Å²) >= 11 is 0. The van der Waals surface area contributed by atoms with Gasteiger partial charge in [-0.3, -0.25) is 19.1 Å². The minimum Gasteiger partial charge on any atom is -0.477 e. The molecule has 1 rings (SSSR count). The van der Waals surface area contributed by atoms with Crippen LogP contribution in [0.15, 0.2) is 15.8 Å². The number of hydrogen-bond donors (Lipinski definition) is 2. The van der Waals surface area contributed by atoms with Gasteiger partial charge in [-0.25, -0.2) is 9.59 Å². The quantitative estimate of drug-likeness (QED) is 0.640. The van der Waals surface area contributed by atoms with Crippen LogP contribution in [0.25, 0.3) is 0 Å². The predicted octanol–water partition coefficient (Wildman–Crippen LogP) is -1.20. The van der Waals surface area contributed by atoms with Crippen LogP contribution in [-0.2, 0) is 16.1 Å². The summed E-state index contributed by atoms with van der Waals surface area (Å²) in [5.74, 6) is -2.18. The van der Waals surface area contributed by atoms with Crippen molar-refractivity contribution in [2.24, 2.45) is 0 Å². The molecule has 0 saturated heterocycles. The first-order chi connectivity index (χ1) is 7.95. The molecule has 0 atom stereocenters. The molecule has 0 spiro atoms. The molecule has 8 nitrogen and oxygen atoms in total. The van der Waals surface area contributed by atoms with Gasteiger partial charge in [-0.05, 0) is 6.92 Å². The van der Waals surface area contributed by atoms with Crippen LogP contribution < -0.4 is 11.2 Å². The number of carboxylic acids is 1. The van der Waals surface area contributed by atoms with Gasteiger partial charge in [0.2, 0.25) is 0 Å². The Bertz CT molecular complexity index is 555. The summed E-state index contributed by atoms with van der Waals surface area (Å²) in [6.07, 6.45) is 0.806. The molecule has 0 aliphatic heterocycles. The highest BCUT2D eigenvalue weighted by Gasteiger charge is 2.13. The van der Waals surface area contributed by atoms with E-state index in [1.54, 1.807) is 11.9 Å². The molecule has 0 aromatic carbocycles. The molecular formula is C9H10N2O6. The van der Waals surface area contributed by atoms with Gasteiger partial charge < -0.3 is 9.84 Å². The zero-order valence-corrected chi connectivity index (χ0v) is 8.93. The Balaban J connectivity index is 3.13. The number of carbonyl (C=O) groups excluding carboxylic acids is 1. The molecule has 0 aliphatic carbocycles. The van der Waals surface area contributed by atoms with Gasteiger partial charge in [0, 0.05) is 6.20 Å². The van der Waals surface area contributed by atoms with Gasteiger partial charge in [0.05, 0.1) is 6.61 Å². The minimum atomic E-state index is -1.48. The number of ether oxygens (including phenoxy) is 1. The van der Waals surface area contributed by atoms with Gasteiger partial charge in [-0.2, -0.15) is 0 Å². The van der Waals surface area contributed by atoms with Crippen molar-refractivity contribution >= 4 is 11.9 Å². The van der Waals surface area contributed by atoms with Gasteiger partial charge in [0.15, 0.2) is 0 Å². The first-order valence-corrected chi connectivity index (χ1v) is 4.68. The molecule has 0 fully saturated rings. The Labute approximate surface area is 94.5 Å². The molecular weight excluding hydrogens is 232 g/mol. The molecule has 0 aliphatic rings. The van der Waals surface area contributed by atoms with Crippen LogP contribution in [0.3, 0.4) is 0 Å². The third kappa shape index (κ3) is 3.03. The summed E-state index contributed by atoms with van der Waals surface area (Å²) in [4.78, 5) is 45.9. The number of rotatable bonds is 4. The molecule has 92 valence electrons. The van der Waals surface area contributed by atoms with Crippen molar-refractivity contribution in [1.29, 1.82) is 0 Å². The summed E-state index contributed by atoms with van der Waals surface area (Å²) < 4.78 is 5.36. The van der Waals surface area contributed by atoms with Gasteiger partial charge in [-0.1, -0.05) is 0 Å². The molecule has 1 heterocycles. The predicted molar refractivity (Wildman–Crippen MR) is 54.9 cm³/mol. The lowest BCUT2D eigenvalue weighted by molar-refractivity contribution is -0.143. The Kier molecular flexibility index (Phi) is 3.81. The van der Waals surface area contributed by atoms with Gasteiger partial charge in [0.25, 0.3) is 5.56 Å². The average molecular weight is 242 g/mol. The first kappa shape index (κ1) is 12.7. The maximum absolute atomic E-state index is 11.3. The Morgan fingerprint density at radius 1 is 1.47 bits per heavy atom. The van der Waals surface area contributed by atoms with E-state index in [1.165, 1.54) is 0 Å². The molecule has 0 amide bonds. The molecule has 0 unspecified atom stereocenters. The van der Waals surface area contributed by atoms with Gasteiger partial charge >= 0.3 is 17.6 Å². The third-order valence-corrected chi connectivity index (χ3v) is 1.85. The monoisotopic (exact) mass is 242 g/mol. The average Bonchev–Trinajstić information content (AvgIpc) is 2.21. The second kappa shape index (κ2) is 5.10. The standard InChI is InChI=1S/C9H10N2O6/c1-2-17-6(12)4-11-3-5(8(14)15)7(13)10-9(11)16/h3H,2,4H2,1H3,(H,14,15)(H,10,13,16). The fraction of sp³-hybridized carbons (Fsp3) is 0.333. The van der Waals surface area contributed by atoms with E-state index >= 15 is 0 Å². The van der Waals surface area contributed by atoms with E-state index < -0.39 is 35.3 Å².